The fourth-order valence-corrected chi connectivity index (χ4v) is 3.91. The van der Waals surface area contributed by atoms with E-state index in [0.717, 1.165) is 24.2 Å². The van der Waals surface area contributed by atoms with Crippen LogP contribution in [0, 0.1) is 0 Å². The summed E-state index contributed by atoms with van der Waals surface area (Å²) in [5.74, 6) is 1.22. The number of fused-ring (bicyclic) bond motifs is 1. The number of ether oxygens (including phenoxy) is 1. The number of benzene rings is 2. The number of aromatic nitrogens is 3. The minimum atomic E-state index is -0.200. The van der Waals surface area contributed by atoms with Crippen molar-refractivity contribution < 1.29 is 4.74 Å². The van der Waals surface area contributed by atoms with Crippen molar-refractivity contribution in [3.8, 4) is 17.1 Å². The molecule has 0 bridgehead atoms. The van der Waals surface area contributed by atoms with Gasteiger partial charge in [0, 0.05) is 11.1 Å². The smallest absolute Gasteiger partial charge is 0.291 e. The second-order valence-corrected chi connectivity index (χ2v) is 7.68. The van der Waals surface area contributed by atoms with Crippen molar-refractivity contribution >= 4 is 34.0 Å². The normalized spacial score (nSPS) is 12.0. The maximum Gasteiger partial charge on any atom is 0.291 e. The molecule has 0 radical (unpaired) electrons. The molecule has 2 aromatic heterocycles. The number of nitrogens with zero attached hydrogens (tertiary/aromatic N) is 3. The molecule has 2 aromatic carbocycles. The molecular formula is C21H18ClN3O2S. The molecule has 0 aliphatic rings. The largest absolute Gasteiger partial charge is 0.493 e. The minimum absolute atomic E-state index is 0.200. The topological polar surface area (TPSA) is 56.5 Å². The third kappa shape index (κ3) is 3.66. The van der Waals surface area contributed by atoms with E-state index < -0.39 is 0 Å². The van der Waals surface area contributed by atoms with Gasteiger partial charge in [0.25, 0.3) is 5.56 Å². The summed E-state index contributed by atoms with van der Waals surface area (Å²) in [5.41, 5.74) is 1.38. The first kappa shape index (κ1) is 18.7. The average molecular weight is 412 g/mol. The number of halogens is 1. The quantitative estimate of drug-likeness (QED) is 0.446. The molecule has 0 spiro atoms. The molecule has 0 fully saturated rings. The molecule has 7 heteroatoms. The zero-order valence-corrected chi connectivity index (χ0v) is 16.8. The van der Waals surface area contributed by atoms with Crippen LogP contribution in [0.4, 0.5) is 0 Å². The van der Waals surface area contributed by atoms with Crippen LogP contribution >= 0.6 is 22.9 Å². The van der Waals surface area contributed by atoms with Crippen molar-refractivity contribution in [2.45, 2.75) is 19.8 Å². The molecule has 0 saturated carbocycles. The molecule has 0 atom stereocenters. The van der Waals surface area contributed by atoms with Gasteiger partial charge >= 0.3 is 0 Å². The van der Waals surface area contributed by atoms with Crippen molar-refractivity contribution in [3.05, 3.63) is 74.0 Å². The molecule has 28 heavy (non-hydrogen) atoms. The van der Waals surface area contributed by atoms with E-state index >= 15 is 0 Å². The summed E-state index contributed by atoms with van der Waals surface area (Å²) < 4.78 is 7.75. The van der Waals surface area contributed by atoms with Gasteiger partial charge in [-0.3, -0.25) is 4.79 Å². The summed E-state index contributed by atoms with van der Waals surface area (Å²) in [6.07, 6.45) is 3.89. The summed E-state index contributed by atoms with van der Waals surface area (Å²) in [6, 6.07) is 15.0. The Hall–Kier alpha value is -2.70. The van der Waals surface area contributed by atoms with Gasteiger partial charge in [0.05, 0.1) is 16.2 Å². The molecule has 2 heterocycles. The Balaban J connectivity index is 1.73. The fraction of sp³-hybridized carbons (Fsp3) is 0.190. The van der Waals surface area contributed by atoms with E-state index in [9.17, 15) is 4.79 Å². The molecule has 0 unspecified atom stereocenters. The predicted octanol–water partition coefficient (Wildman–Crippen LogP) is 4.20. The zero-order chi connectivity index (χ0) is 19.5. The monoisotopic (exact) mass is 411 g/mol. The van der Waals surface area contributed by atoms with E-state index in [0.29, 0.717) is 32.5 Å². The average Bonchev–Trinajstić information content (AvgIpc) is 3.23. The van der Waals surface area contributed by atoms with Crippen molar-refractivity contribution in [1.82, 2.24) is 14.6 Å². The highest BCUT2D eigenvalue weighted by Crippen LogP contribution is 2.25. The Morgan fingerprint density at radius 2 is 1.96 bits per heavy atom. The molecule has 0 amide bonds. The first-order chi connectivity index (χ1) is 13.7. The summed E-state index contributed by atoms with van der Waals surface area (Å²) in [7, 11) is 0. The number of para-hydroxylation sites is 1. The number of thiazole rings is 1. The fourth-order valence-electron chi connectivity index (χ4n) is 2.79. The van der Waals surface area contributed by atoms with Crippen molar-refractivity contribution in [2.24, 2.45) is 0 Å². The predicted molar refractivity (Wildman–Crippen MR) is 113 cm³/mol. The first-order valence-corrected chi connectivity index (χ1v) is 10.2. The van der Waals surface area contributed by atoms with Crippen LogP contribution in [-0.4, -0.2) is 21.2 Å². The van der Waals surface area contributed by atoms with E-state index in [1.165, 1.54) is 15.9 Å². The summed E-state index contributed by atoms with van der Waals surface area (Å²) >= 11 is 7.52. The van der Waals surface area contributed by atoms with Crippen LogP contribution < -0.4 is 14.8 Å². The number of unbranched alkanes of at least 4 members (excludes halogenated alkanes) is 1. The van der Waals surface area contributed by atoms with Crippen LogP contribution in [0.5, 0.6) is 5.75 Å². The maximum atomic E-state index is 12.8. The van der Waals surface area contributed by atoms with Crippen LogP contribution in [0.3, 0.4) is 0 Å². The van der Waals surface area contributed by atoms with Crippen LogP contribution in [0.25, 0.3) is 22.4 Å². The highest BCUT2D eigenvalue weighted by molar-refractivity contribution is 7.15. The third-order valence-electron chi connectivity index (χ3n) is 4.26. The third-order valence-corrected chi connectivity index (χ3v) is 5.55. The van der Waals surface area contributed by atoms with E-state index in [1.54, 1.807) is 6.07 Å². The highest BCUT2D eigenvalue weighted by Gasteiger charge is 2.14. The lowest BCUT2D eigenvalue weighted by Gasteiger charge is -2.07. The lowest BCUT2D eigenvalue weighted by Crippen LogP contribution is -2.23. The Morgan fingerprint density at radius 1 is 1.18 bits per heavy atom. The first-order valence-electron chi connectivity index (χ1n) is 9.05. The van der Waals surface area contributed by atoms with Gasteiger partial charge in [0.2, 0.25) is 4.96 Å². The van der Waals surface area contributed by atoms with Gasteiger partial charge in [0.15, 0.2) is 5.82 Å². The molecule has 5 nitrogen and oxygen atoms in total. The molecule has 142 valence electrons. The Bertz CT molecular complexity index is 1230. The Labute approximate surface area is 170 Å². The van der Waals surface area contributed by atoms with Gasteiger partial charge in [0.1, 0.15) is 5.75 Å². The van der Waals surface area contributed by atoms with Gasteiger partial charge in [-0.1, -0.05) is 66.6 Å². The van der Waals surface area contributed by atoms with Gasteiger partial charge in [-0.15, -0.1) is 5.10 Å². The minimum Gasteiger partial charge on any atom is -0.493 e. The standard InChI is InChI=1S/C21H18ClN3O2S/c1-2-3-12-27-17-11-7-4-8-14(17)13-18-20(26)25-21(28-18)23-19(24-25)15-9-5-6-10-16(15)22/h4-11,13H,2-3,12H2,1H3/b18-13-. The lowest BCUT2D eigenvalue weighted by molar-refractivity contribution is 0.309. The SMILES string of the molecule is CCCCOc1ccccc1/C=c1\sc2nc(-c3ccccc3Cl)nn2c1=O. The van der Waals surface area contributed by atoms with E-state index in [4.69, 9.17) is 16.3 Å². The number of hydrogen-bond acceptors (Lipinski definition) is 5. The molecule has 4 aromatic rings. The summed E-state index contributed by atoms with van der Waals surface area (Å²) in [5, 5.41) is 4.91. The van der Waals surface area contributed by atoms with Crippen molar-refractivity contribution in [3.63, 3.8) is 0 Å². The van der Waals surface area contributed by atoms with Crippen LogP contribution in [-0.2, 0) is 0 Å². The number of hydrogen-bond donors (Lipinski definition) is 0. The van der Waals surface area contributed by atoms with E-state index in [2.05, 4.69) is 17.0 Å². The molecule has 0 N–H and O–H groups in total. The van der Waals surface area contributed by atoms with Gasteiger partial charge < -0.3 is 4.74 Å². The second-order valence-electron chi connectivity index (χ2n) is 6.27. The lowest BCUT2D eigenvalue weighted by atomic mass is 10.2. The Morgan fingerprint density at radius 3 is 2.75 bits per heavy atom. The maximum absolute atomic E-state index is 12.8. The van der Waals surface area contributed by atoms with Crippen molar-refractivity contribution in [2.75, 3.05) is 6.61 Å². The van der Waals surface area contributed by atoms with Crippen molar-refractivity contribution in [1.29, 1.82) is 0 Å². The zero-order valence-electron chi connectivity index (χ0n) is 15.3. The molecule has 4 rings (SSSR count). The molecule has 0 aliphatic carbocycles. The van der Waals surface area contributed by atoms with Crippen LogP contribution in [0.2, 0.25) is 5.02 Å². The van der Waals surface area contributed by atoms with Crippen LogP contribution in [0.15, 0.2) is 53.3 Å². The second kappa shape index (κ2) is 8.12. The number of rotatable bonds is 6. The molecule has 0 saturated heterocycles. The molecular weight excluding hydrogens is 394 g/mol. The summed E-state index contributed by atoms with van der Waals surface area (Å²) in [6.45, 7) is 2.78. The van der Waals surface area contributed by atoms with Gasteiger partial charge in [-0.05, 0) is 30.7 Å². The Kier molecular flexibility index (Phi) is 5.41. The van der Waals surface area contributed by atoms with E-state index in [1.807, 2.05) is 48.5 Å². The van der Waals surface area contributed by atoms with E-state index in [-0.39, 0.29) is 5.56 Å². The summed E-state index contributed by atoms with van der Waals surface area (Å²) in [4.78, 5) is 17.8. The molecule has 0 aliphatic heterocycles. The van der Waals surface area contributed by atoms with Crippen LogP contribution in [0.1, 0.15) is 25.3 Å². The van der Waals surface area contributed by atoms with Gasteiger partial charge in [-0.2, -0.15) is 9.50 Å². The van der Waals surface area contributed by atoms with Gasteiger partial charge in [-0.25, -0.2) is 0 Å². The highest BCUT2D eigenvalue weighted by atomic mass is 35.5.